The van der Waals surface area contributed by atoms with Crippen molar-refractivity contribution in [1.29, 1.82) is 0 Å². The fraction of sp³-hybridized carbons (Fsp3) is 0.438. The van der Waals surface area contributed by atoms with Crippen LogP contribution < -0.4 is 5.32 Å². The Morgan fingerprint density at radius 1 is 1.33 bits per heavy atom. The molecule has 1 saturated carbocycles. The van der Waals surface area contributed by atoms with Crippen LogP contribution in [0.5, 0.6) is 0 Å². The fourth-order valence-electron chi connectivity index (χ4n) is 2.06. The van der Waals surface area contributed by atoms with E-state index in [1.165, 1.54) is 0 Å². The van der Waals surface area contributed by atoms with Gasteiger partial charge in [-0.3, -0.25) is 4.79 Å². The number of carbonyl (C=O) groups excluding carboxylic acids is 1. The van der Waals surface area contributed by atoms with Crippen LogP contribution in [0.2, 0.25) is 0 Å². The molecule has 5 heteroatoms. The summed E-state index contributed by atoms with van der Waals surface area (Å²) in [6.07, 6.45) is 2.24. The van der Waals surface area contributed by atoms with Crippen LogP contribution in [0.4, 0.5) is 0 Å². The van der Waals surface area contributed by atoms with Crippen molar-refractivity contribution in [3.8, 4) is 11.4 Å². The van der Waals surface area contributed by atoms with Crippen molar-refractivity contribution in [2.24, 2.45) is 0 Å². The number of hydrogen-bond acceptors (Lipinski definition) is 4. The average molecular weight is 285 g/mol. The molecular formula is C16H19N3O2. The van der Waals surface area contributed by atoms with Gasteiger partial charge in [0.25, 0.3) is 5.91 Å². The van der Waals surface area contributed by atoms with Crippen LogP contribution in [0.15, 0.2) is 28.8 Å². The average Bonchev–Trinajstić information content (AvgIpc) is 3.15. The fourth-order valence-corrected chi connectivity index (χ4v) is 2.06. The molecule has 0 saturated heterocycles. The molecule has 0 aliphatic heterocycles. The molecule has 0 atom stereocenters. The van der Waals surface area contributed by atoms with Crippen molar-refractivity contribution < 1.29 is 9.32 Å². The number of rotatable bonds is 3. The summed E-state index contributed by atoms with van der Waals surface area (Å²) >= 11 is 0. The molecule has 0 unspecified atom stereocenters. The first-order chi connectivity index (χ1) is 9.92. The van der Waals surface area contributed by atoms with Crippen molar-refractivity contribution in [3.63, 3.8) is 0 Å². The number of nitrogens with zero attached hydrogens (tertiary/aromatic N) is 2. The molecule has 1 aliphatic carbocycles. The summed E-state index contributed by atoms with van der Waals surface area (Å²) in [4.78, 5) is 16.6. The van der Waals surface area contributed by atoms with E-state index in [9.17, 15) is 4.79 Å². The van der Waals surface area contributed by atoms with E-state index >= 15 is 0 Å². The summed E-state index contributed by atoms with van der Waals surface area (Å²) in [6.45, 7) is 5.86. The molecule has 1 N–H and O–H groups in total. The van der Waals surface area contributed by atoms with Crippen molar-refractivity contribution in [1.82, 2.24) is 15.5 Å². The first kappa shape index (κ1) is 13.8. The van der Waals surface area contributed by atoms with E-state index in [2.05, 4.69) is 15.5 Å². The van der Waals surface area contributed by atoms with E-state index in [-0.39, 0.29) is 11.4 Å². The maximum atomic E-state index is 12.2. The standard InChI is InChI=1S/C16H19N3O2/c1-16(2,3)18-14(20)12-6-4-5-11(9-12)13-17-15(21-19-13)10-7-8-10/h4-6,9-10H,7-8H2,1-3H3,(H,18,20). The number of carbonyl (C=O) groups is 1. The Labute approximate surface area is 123 Å². The molecule has 1 aliphatic rings. The largest absolute Gasteiger partial charge is 0.347 e. The van der Waals surface area contributed by atoms with Gasteiger partial charge < -0.3 is 9.84 Å². The minimum atomic E-state index is -0.266. The number of nitrogens with one attached hydrogen (secondary N) is 1. The lowest BCUT2D eigenvalue weighted by Crippen LogP contribution is -2.40. The second-order valence-corrected chi connectivity index (χ2v) is 6.52. The zero-order valence-corrected chi connectivity index (χ0v) is 12.5. The third-order valence-corrected chi connectivity index (χ3v) is 3.24. The van der Waals surface area contributed by atoms with Crippen LogP contribution in [0.1, 0.15) is 55.8 Å². The molecule has 21 heavy (non-hydrogen) atoms. The minimum absolute atomic E-state index is 0.102. The lowest BCUT2D eigenvalue weighted by atomic mass is 10.1. The van der Waals surface area contributed by atoms with Crippen LogP contribution in [0.3, 0.4) is 0 Å². The normalized spacial score (nSPS) is 15.0. The molecule has 3 rings (SSSR count). The molecule has 1 aromatic heterocycles. The molecule has 1 amide bonds. The van der Waals surface area contributed by atoms with Gasteiger partial charge in [0.15, 0.2) is 0 Å². The SMILES string of the molecule is CC(C)(C)NC(=O)c1cccc(-c2noc(C3CC3)n2)c1. The predicted molar refractivity (Wildman–Crippen MR) is 78.9 cm³/mol. The highest BCUT2D eigenvalue weighted by Crippen LogP contribution is 2.39. The van der Waals surface area contributed by atoms with Gasteiger partial charge in [-0.1, -0.05) is 17.3 Å². The molecule has 2 aromatic rings. The molecule has 110 valence electrons. The van der Waals surface area contributed by atoms with E-state index < -0.39 is 0 Å². The van der Waals surface area contributed by atoms with Crippen LogP contribution in [-0.2, 0) is 0 Å². The Morgan fingerprint density at radius 3 is 2.76 bits per heavy atom. The van der Waals surface area contributed by atoms with E-state index in [0.29, 0.717) is 23.2 Å². The zero-order chi connectivity index (χ0) is 15.0. The first-order valence-corrected chi connectivity index (χ1v) is 7.19. The van der Waals surface area contributed by atoms with E-state index in [1.807, 2.05) is 32.9 Å². The Bertz CT molecular complexity index is 666. The number of benzene rings is 1. The van der Waals surface area contributed by atoms with Gasteiger partial charge in [0.2, 0.25) is 11.7 Å². The summed E-state index contributed by atoms with van der Waals surface area (Å²) in [5, 5.41) is 6.95. The molecule has 0 radical (unpaired) electrons. The maximum absolute atomic E-state index is 12.2. The monoisotopic (exact) mass is 285 g/mol. The highest BCUT2D eigenvalue weighted by atomic mass is 16.5. The molecule has 5 nitrogen and oxygen atoms in total. The van der Waals surface area contributed by atoms with Crippen LogP contribution >= 0.6 is 0 Å². The Kier molecular flexibility index (Phi) is 3.27. The summed E-state index contributed by atoms with van der Waals surface area (Å²) in [7, 11) is 0. The van der Waals surface area contributed by atoms with Crippen LogP contribution in [0.25, 0.3) is 11.4 Å². The summed E-state index contributed by atoms with van der Waals surface area (Å²) in [5.41, 5.74) is 1.13. The number of aromatic nitrogens is 2. The van der Waals surface area contributed by atoms with Gasteiger partial charge in [-0.15, -0.1) is 0 Å². The molecule has 1 aromatic carbocycles. The van der Waals surface area contributed by atoms with Gasteiger partial charge in [0, 0.05) is 22.6 Å². The van der Waals surface area contributed by atoms with Gasteiger partial charge in [0.1, 0.15) is 0 Å². The quantitative estimate of drug-likeness (QED) is 0.940. The molecule has 1 heterocycles. The van der Waals surface area contributed by atoms with Gasteiger partial charge in [0.05, 0.1) is 0 Å². The third-order valence-electron chi connectivity index (χ3n) is 3.24. The third kappa shape index (κ3) is 3.29. The highest BCUT2D eigenvalue weighted by molar-refractivity contribution is 5.95. The number of amides is 1. The van der Waals surface area contributed by atoms with Crippen molar-refractivity contribution in [2.75, 3.05) is 0 Å². The summed E-state index contributed by atoms with van der Waals surface area (Å²) < 4.78 is 5.26. The molecule has 0 bridgehead atoms. The molecule has 1 fully saturated rings. The van der Waals surface area contributed by atoms with Gasteiger partial charge in [-0.05, 0) is 45.7 Å². The summed E-state index contributed by atoms with van der Waals surface area (Å²) in [5.74, 6) is 1.57. The van der Waals surface area contributed by atoms with Gasteiger partial charge in [-0.25, -0.2) is 0 Å². The number of hydrogen-bond donors (Lipinski definition) is 1. The lowest BCUT2D eigenvalue weighted by molar-refractivity contribution is 0.0919. The smallest absolute Gasteiger partial charge is 0.251 e. The van der Waals surface area contributed by atoms with Crippen molar-refractivity contribution >= 4 is 5.91 Å². The topological polar surface area (TPSA) is 68.0 Å². The Morgan fingerprint density at radius 2 is 2.10 bits per heavy atom. The van der Waals surface area contributed by atoms with Crippen LogP contribution in [0, 0.1) is 0 Å². The highest BCUT2D eigenvalue weighted by Gasteiger charge is 2.29. The summed E-state index contributed by atoms with van der Waals surface area (Å²) in [6, 6.07) is 7.30. The predicted octanol–water partition coefficient (Wildman–Crippen LogP) is 3.14. The molecule has 0 spiro atoms. The second-order valence-electron chi connectivity index (χ2n) is 6.52. The Balaban J connectivity index is 1.83. The molecular weight excluding hydrogens is 266 g/mol. The van der Waals surface area contributed by atoms with Gasteiger partial charge in [-0.2, -0.15) is 4.98 Å². The minimum Gasteiger partial charge on any atom is -0.347 e. The van der Waals surface area contributed by atoms with E-state index in [0.717, 1.165) is 18.4 Å². The lowest BCUT2D eigenvalue weighted by Gasteiger charge is -2.20. The van der Waals surface area contributed by atoms with Gasteiger partial charge >= 0.3 is 0 Å². The van der Waals surface area contributed by atoms with Crippen LogP contribution in [-0.4, -0.2) is 21.6 Å². The first-order valence-electron chi connectivity index (χ1n) is 7.19. The van der Waals surface area contributed by atoms with E-state index in [4.69, 9.17) is 4.52 Å². The zero-order valence-electron chi connectivity index (χ0n) is 12.5. The van der Waals surface area contributed by atoms with Crippen molar-refractivity contribution in [2.45, 2.75) is 45.1 Å². The van der Waals surface area contributed by atoms with E-state index in [1.54, 1.807) is 12.1 Å². The van der Waals surface area contributed by atoms with Crippen molar-refractivity contribution in [3.05, 3.63) is 35.7 Å². The maximum Gasteiger partial charge on any atom is 0.251 e. The second kappa shape index (κ2) is 4.98. The Hall–Kier alpha value is -2.17.